The van der Waals surface area contributed by atoms with Crippen molar-refractivity contribution >= 4 is 23.6 Å². The van der Waals surface area contributed by atoms with E-state index in [0.29, 0.717) is 11.5 Å². The molecule has 0 spiro atoms. The second kappa shape index (κ2) is 9.37. The number of amides is 2. The van der Waals surface area contributed by atoms with Gasteiger partial charge in [0, 0.05) is 4.90 Å². The number of ether oxygens (including phenoxy) is 2. The van der Waals surface area contributed by atoms with Gasteiger partial charge in [-0.05, 0) is 29.8 Å². The zero-order valence-electron chi connectivity index (χ0n) is 16.0. The molecule has 152 valence electrons. The molecule has 1 aliphatic rings. The summed E-state index contributed by atoms with van der Waals surface area (Å²) in [5.41, 5.74) is 5.83. The molecular weight excluding hydrogens is 400 g/mol. The van der Waals surface area contributed by atoms with Crippen molar-refractivity contribution in [3.63, 3.8) is 0 Å². The molecule has 0 radical (unpaired) electrons. The van der Waals surface area contributed by atoms with E-state index >= 15 is 0 Å². The molecule has 0 aromatic heterocycles. The van der Waals surface area contributed by atoms with E-state index in [-0.39, 0.29) is 12.5 Å². The van der Waals surface area contributed by atoms with Crippen LogP contribution in [0.1, 0.15) is 10.8 Å². The standard InChI is InChI=1S/C23H20N2O4S/c26-22(20-15-28-18-13-7-8-14-19(18)29-20)24-25-23(27)21(16-9-3-1-4-10-16)30-17-11-5-2-6-12-17/h1-14,20-21H,15H2,(H,24,26)(H,25,27). The molecule has 0 saturated carbocycles. The minimum Gasteiger partial charge on any atom is -0.485 e. The summed E-state index contributed by atoms with van der Waals surface area (Å²) in [5, 5.41) is -0.529. The van der Waals surface area contributed by atoms with Gasteiger partial charge in [-0.3, -0.25) is 20.4 Å². The first-order chi connectivity index (χ1) is 14.7. The Morgan fingerprint density at radius 2 is 1.47 bits per heavy atom. The summed E-state index contributed by atoms with van der Waals surface area (Å²) >= 11 is 1.41. The Labute approximate surface area is 178 Å². The lowest BCUT2D eigenvalue weighted by Crippen LogP contribution is -2.51. The number of carbonyl (C=O) groups excluding carboxylic acids is 2. The highest BCUT2D eigenvalue weighted by Gasteiger charge is 2.29. The second-order valence-corrected chi connectivity index (χ2v) is 7.74. The number of hydrogen-bond donors (Lipinski definition) is 2. The van der Waals surface area contributed by atoms with Gasteiger partial charge in [0.2, 0.25) is 6.10 Å². The molecule has 0 bridgehead atoms. The van der Waals surface area contributed by atoms with Crippen molar-refractivity contribution in [2.24, 2.45) is 0 Å². The van der Waals surface area contributed by atoms with E-state index < -0.39 is 17.3 Å². The molecule has 30 heavy (non-hydrogen) atoms. The highest BCUT2D eigenvalue weighted by molar-refractivity contribution is 8.00. The van der Waals surface area contributed by atoms with Crippen LogP contribution in [0.4, 0.5) is 0 Å². The summed E-state index contributed by atoms with van der Waals surface area (Å²) in [7, 11) is 0. The van der Waals surface area contributed by atoms with E-state index in [1.165, 1.54) is 11.8 Å². The van der Waals surface area contributed by atoms with Crippen molar-refractivity contribution in [2.45, 2.75) is 16.2 Å². The predicted octanol–water partition coefficient (Wildman–Crippen LogP) is 3.51. The van der Waals surface area contributed by atoms with Crippen LogP contribution in [0.25, 0.3) is 0 Å². The third-order valence-electron chi connectivity index (χ3n) is 4.45. The van der Waals surface area contributed by atoms with Crippen LogP contribution < -0.4 is 20.3 Å². The third-order valence-corrected chi connectivity index (χ3v) is 5.71. The molecule has 4 rings (SSSR count). The van der Waals surface area contributed by atoms with Crippen molar-refractivity contribution in [2.75, 3.05) is 6.61 Å². The molecule has 7 heteroatoms. The van der Waals surface area contributed by atoms with Crippen molar-refractivity contribution < 1.29 is 19.1 Å². The fraction of sp³-hybridized carbons (Fsp3) is 0.130. The topological polar surface area (TPSA) is 76.7 Å². The van der Waals surface area contributed by atoms with Crippen molar-refractivity contribution in [3.8, 4) is 11.5 Å². The SMILES string of the molecule is O=C(NNC(=O)C(Sc1ccccc1)c1ccccc1)C1COc2ccccc2O1. The summed E-state index contributed by atoms with van der Waals surface area (Å²) in [6.07, 6.45) is -0.850. The Kier molecular flexibility index (Phi) is 6.20. The van der Waals surface area contributed by atoms with Crippen molar-refractivity contribution in [1.29, 1.82) is 0 Å². The van der Waals surface area contributed by atoms with E-state index in [1.807, 2.05) is 66.7 Å². The van der Waals surface area contributed by atoms with Crippen LogP contribution in [0.2, 0.25) is 0 Å². The molecule has 1 heterocycles. The van der Waals surface area contributed by atoms with Gasteiger partial charge in [-0.1, -0.05) is 60.7 Å². The summed E-state index contributed by atoms with van der Waals surface area (Å²) in [5.74, 6) is 0.279. The molecule has 3 aromatic carbocycles. The Hall–Kier alpha value is -3.45. The average molecular weight is 420 g/mol. The minimum absolute atomic E-state index is 0.0690. The second-order valence-electron chi connectivity index (χ2n) is 6.56. The maximum absolute atomic E-state index is 12.9. The predicted molar refractivity (Wildman–Crippen MR) is 114 cm³/mol. The van der Waals surface area contributed by atoms with Crippen LogP contribution in [0.3, 0.4) is 0 Å². The highest BCUT2D eigenvalue weighted by Crippen LogP contribution is 2.35. The molecule has 0 saturated heterocycles. The maximum atomic E-state index is 12.9. The van der Waals surface area contributed by atoms with E-state index in [0.717, 1.165) is 10.5 Å². The van der Waals surface area contributed by atoms with Crippen molar-refractivity contribution in [3.05, 3.63) is 90.5 Å². The molecule has 3 aromatic rings. The summed E-state index contributed by atoms with van der Waals surface area (Å²) in [6.45, 7) is 0.0690. The Morgan fingerprint density at radius 3 is 2.20 bits per heavy atom. The number of carbonyl (C=O) groups is 2. The van der Waals surface area contributed by atoms with E-state index in [2.05, 4.69) is 10.9 Å². The van der Waals surface area contributed by atoms with E-state index in [1.54, 1.807) is 18.2 Å². The lowest BCUT2D eigenvalue weighted by Gasteiger charge is -2.26. The number of fused-ring (bicyclic) bond motifs is 1. The largest absolute Gasteiger partial charge is 0.485 e. The number of benzene rings is 3. The molecule has 2 N–H and O–H groups in total. The van der Waals surface area contributed by atoms with Gasteiger partial charge in [0.1, 0.15) is 11.9 Å². The van der Waals surface area contributed by atoms with Crippen LogP contribution in [0, 0.1) is 0 Å². The summed E-state index contributed by atoms with van der Waals surface area (Å²) in [4.78, 5) is 26.4. The quantitative estimate of drug-likeness (QED) is 0.488. The number of para-hydroxylation sites is 2. The van der Waals surface area contributed by atoms with Crippen LogP contribution in [-0.4, -0.2) is 24.5 Å². The average Bonchev–Trinajstić information content (AvgIpc) is 2.81. The van der Waals surface area contributed by atoms with Crippen LogP contribution in [0.15, 0.2) is 89.8 Å². The van der Waals surface area contributed by atoms with Gasteiger partial charge >= 0.3 is 0 Å². The lowest BCUT2D eigenvalue weighted by atomic mass is 10.1. The summed E-state index contributed by atoms with van der Waals surface area (Å²) in [6, 6.07) is 26.2. The first-order valence-corrected chi connectivity index (χ1v) is 10.3. The number of nitrogens with one attached hydrogen (secondary N) is 2. The molecular formula is C23H20N2O4S. The van der Waals surface area contributed by atoms with E-state index in [9.17, 15) is 9.59 Å². The van der Waals surface area contributed by atoms with Crippen LogP contribution in [0.5, 0.6) is 11.5 Å². The number of hydrogen-bond acceptors (Lipinski definition) is 5. The Bertz CT molecular complexity index is 1010. The van der Waals surface area contributed by atoms with E-state index in [4.69, 9.17) is 9.47 Å². The fourth-order valence-electron chi connectivity index (χ4n) is 2.95. The fourth-order valence-corrected chi connectivity index (χ4v) is 4.00. The first-order valence-electron chi connectivity index (χ1n) is 9.45. The van der Waals surface area contributed by atoms with Gasteiger partial charge in [0.05, 0.1) is 0 Å². The van der Waals surface area contributed by atoms with Gasteiger partial charge in [0.25, 0.3) is 11.8 Å². The molecule has 2 amide bonds. The minimum atomic E-state index is -0.850. The first kappa shape index (κ1) is 19.8. The van der Waals surface area contributed by atoms with Crippen molar-refractivity contribution in [1.82, 2.24) is 10.9 Å². The normalized spacial score (nSPS) is 15.7. The molecule has 2 atom stereocenters. The molecule has 6 nitrogen and oxygen atoms in total. The van der Waals surface area contributed by atoms with Crippen LogP contribution >= 0.6 is 11.8 Å². The Morgan fingerprint density at radius 1 is 0.833 bits per heavy atom. The Balaban J connectivity index is 1.41. The molecule has 2 unspecified atom stereocenters. The zero-order valence-corrected chi connectivity index (χ0v) is 16.8. The van der Waals surface area contributed by atoms with Gasteiger partial charge in [0.15, 0.2) is 11.5 Å². The number of thioether (sulfide) groups is 1. The van der Waals surface area contributed by atoms with Gasteiger partial charge in [-0.2, -0.15) is 0 Å². The summed E-state index contributed by atoms with van der Waals surface area (Å²) < 4.78 is 11.2. The molecule has 0 fully saturated rings. The monoisotopic (exact) mass is 420 g/mol. The third kappa shape index (κ3) is 4.75. The zero-order chi connectivity index (χ0) is 20.8. The number of rotatable bonds is 5. The van der Waals surface area contributed by atoms with Gasteiger partial charge in [-0.15, -0.1) is 11.8 Å². The number of hydrazine groups is 1. The highest BCUT2D eigenvalue weighted by atomic mass is 32.2. The lowest BCUT2D eigenvalue weighted by molar-refractivity contribution is -0.135. The maximum Gasteiger partial charge on any atom is 0.283 e. The smallest absolute Gasteiger partial charge is 0.283 e. The van der Waals surface area contributed by atoms with Crippen LogP contribution in [-0.2, 0) is 9.59 Å². The molecule has 0 aliphatic carbocycles. The van der Waals surface area contributed by atoms with Gasteiger partial charge in [-0.25, -0.2) is 0 Å². The molecule has 1 aliphatic heterocycles. The van der Waals surface area contributed by atoms with Gasteiger partial charge < -0.3 is 9.47 Å².